The minimum Gasteiger partial charge on any atom is -0.463 e. The minimum absolute atomic E-state index is 0.00582. The number of carbonyl (C=O) groups is 3. The highest BCUT2D eigenvalue weighted by Gasteiger charge is 2.59. The van der Waals surface area contributed by atoms with E-state index in [1.807, 2.05) is 0 Å². The molecule has 6 rings (SSSR count). The molecule has 4 heterocycles. The van der Waals surface area contributed by atoms with E-state index in [9.17, 15) is 57.5 Å². The molecule has 1 aromatic heterocycles. The van der Waals surface area contributed by atoms with E-state index in [4.69, 9.17) is 42.8 Å². The van der Waals surface area contributed by atoms with Gasteiger partial charge in [0.25, 0.3) is 5.91 Å². The van der Waals surface area contributed by atoms with Crippen molar-refractivity contribution in [2.75, 3.05) is 44.6 Å². The number of para-hydroxylation sites is 2. The van der Waals surface area contributed by atoms with Crippen molar-refractivity contribution in [3.8, 4) is 11.5 Å². The Balaban J connectivity index is 0.000000274. The Hall–Kier alpha value is -5.59. The van der Waals surface area contributed by atoms with E-state index in [-0.39, 0.29) is 41.6 Å². The normalized spacial score (nSPS) is 27.0. The topological polar surface area (TPSA) is 316 Å². The van der Waals surface area contributed by atoms with Gasteiger partial charge in [-0.1, -0.05) is 56.8 Å². The Bertz CT molecular complexity index is 2600. The molecule has 0 bridgehead atoms. The summed E-state index contributed by atoms with van der Waals surface area (Å²) in [4.78, 5) is 53.2. The number of nitrogens with zero attached hydrogens (tertiary/aromatic N) is 3. The third kappa shape index (κ3) is 14.8. The SMILES string of the molecule is C=C1NC(=O)C=CN1[C@@H]1O[C@H](CO[P@@](=O)(C[C@@H](C)C(=O)OC(C)C)Oc2ccccc2)[C@H](O)C1(O)CF.CC(C)OC(=O)[C@H](C)C[P@](=O)(OC[C@H]1O[C@@H](n2ccc(N)nc2=O)C(O)(CF)[C@H]1O)Oc1ccccc1. The van der Waals surface area contributed by atoms with Crippen LogP contribution >= 0.6 is 15.2 Å². The monoisotopic (exact) mass is 1090 g/mol. The molecule has 0 spiro atoms. The summed E-state index contributed by atoms with van der Waals surface area (Å²) in [5, 5.41) is 45.5. The van der Waals surface area contributed by atoms with Gasteiger partial charge in [-0.3, -0.25) is 28.0 Å². The molecule has 7 N–H and O–H groups in total. The molecule has 408 valence electrons. The standard InChI is InChI=1S/C24H32FN2O9P.C23H31FN3O9P/c1-15(2)34-22(30)16(3)13-37(32,36-18-8-6-5-7-9-18)33-12-19-21(29)24(31,14-25)23(35-19)27-11-10-20(28)26-17(27)4;1-14(2)34-20(29)15(3)12-37(32,36-16-7-5-4-6-8-16)33-11-17-19(28)23(31,13-24)21(35-17)27-10-9-18(25)26-22(27)30/h5-11,15-16,19,21,23,29,31H,4,12-14H2,1-3H3,(H,26,28);4-10,14-15,17,19,21,28,31H,11-13H2,1-3H3,(H2,25,26,30)/t16-,19-,21+,23-,24?,37+;15-,17-,19+,21-,23?,37+/m11/s1. The minimum atomic E-state index is -4.10. The number of carbonyl (C=O) groups excluding carboxylic acids is 3. The molecule has 2 aromatic carbocycles. The Morgan fingerprint density at radius 3 is 1.61 bits per heavy atom. The number of nitrogen functional groups attached to an aromatic ring is 1. The number of nitrogens with one attached hydrogen (secondary N) is 1. The van der Waals surface area contributed by atoms with Gasteiger partial charge in [-0.25, -0.2) is 22.7 Å². The third-order valence-electron chi connectivity index (χ3n) is 11.3. The molecular formula is C47H63F2N5O18P2. The molecule has 0 aliphatic carbocycles. The quantitative estimate of drug-likeness (QED) is 0.0617. The third-order valence-corrected chi connectivity index (χ3v) is 15.3. The maximum Gasteiger partial charge on any atom is 0.380 e. The molecule has 0 saturated carbocycles. The van der Waals surface area contributed by atoms with Crippen LogP contribution in [0.3, 0.4) is 0 Å². The van der Waals surface area contributed by atoms with Gasteiger partial charge < -0.3 is 64.4 Å². The molecule has 12 atom stereocenters. The Morgan fingerprint density at radius 2 is 1.20 bits per heavy atom. The lowest BCUT2D eigenvalue weighted by molar-refractivity contribution is -0.152. The van der Waals surface area contributed by atoms with Gasteiger partial charge >= 0.3 is 32.8 Å². The first-order valence-electron chi connectivity index (χ1n) is 23.2. The van der Waals surface area contributed by atoms with Crippen molar-refractivity contribution in [3.63, 3.8) is 0 Å². The molecule has 23 nitrogen and oxygen atoms in total. The van der Waals surface area contributed by atoms with E-state index in [2.05, 4.69) is 16.9 Å². The van der Waals surface area contributed by atoms with Gasteiger partial charge in [0.1, 0.15) is 60.9 Å². The van der Waals surface area contributed by atoms with E-state index in [0.29, 0.717) is 0 Å². The summed E-state index contributed by atoms with van der Waals surface area (Å²) in [6.45, 7) is 9.26. The summed E-state index contributed by atoms with van der Waals surface area (Å²) in [6.07, 6.45) is -7.68. The van der Waals surface area contributed by atoms with Crippen molar-refractivity contribution < 1.29 is 89.8 Å². The first-order chi connectivity index (χ1) is 34.8. The predicted molar refractivity (Wildman–Crippen MR) is 259 cm³/mol. The number of benzene rings is 2. The Kier molecular flexibility index (Phi) is 20.3. The fourth-order valence-corrected chi connectivity index (χ4v) is 11.3. The van der Waals surface area contributed by atoms with Gasteiger partial charge in [-0.2, -0.15) is 4.98 Å². The van der Waals surface area contributed by atoms with Crippen LogP contribution < -0.4 is 25.8 Å². The highest BCUT2D eigenvalue weighted by atomic mass is 31.2. The lowest BCUT2D eigenvalue weighted by Crippen LogP contribution is -2.57. The molecule has 2 saturated heterocycles. The number of alkyl halides is 2. The smallest absolute Gasteiger partial charge is 0.380 e. The van der Waals surface area contributed by atoms with E-state index in [1.165, 1.54) is 38.2 Å². The van der Waals surface area contributed by atoms with Crippen LogP contribution in [-0.2, 0) is 51.5 Å². The fraction of sp³-hybridized carbons (Fsp3) is 0.511. The zero-order valence-electron chi connectivity index (χ0n) is 41.4. The van der Waals surface area contributed by atoms with Gasteiger partial charge in [0.2, 0.25) is 0 Å². The first-order valence-corrected chi connectivity index (χ1v) is 26.6. The summed E-state index contributed by atoms with van der Waals surface area (Å²) in [5.41, 5.74) is -0.441. The van der Waals surface area contributed by atoms with Gasteiger partial charge in [0, 0.05) is 18.5 Å². The number of hydrogen-bond donors (Lipinski definition) is 6. The summed E-state index contributed by atoms with van der Waals surface area (Å²) in [5.74, 6) is -3.15. The van der Waals surface area contributed by atoms with Crippen molar-refractivity contribution in [1.82, 2.24) is 19.8 Å². The first kappa shape index (κ1) is 59.3. The average Bonchev–Trinajstić information content (AvgIpc) is 3.74. The number of rotatable bonds is 22. The summed E-state index contributed by atoms with van der Waals surface area (Å²) < 4.78 is 100. The van der Waals surface area contributed by atoms with E-state index >= 15 is 0 Å². The number of halogens is 2. The lowest BCUT2D eigenvalue weighted by atomic mass is 9.95. The summed E-state index contributed by atoms with van der Waals surface area (Å²) in [7, 11) is -8.16. The van der Waals surface area contributed by atoms with Crippen molar-refractivity contribution >= 4 is 38.9 Å². The van der Waals surface area contributed by atoms with Gasteiger partial charge in [0.15, 0.2) is 23.7 Å². The highest BCUT2D eigenvalue weighted by molar-refractivity contribution is 7.54. The molecule has 3 aliphatic heterocycles. The highest BCUT2D eigenvalue weighted by Crippen LogP contribution is 2.52. The maximum atomic E-state index is 14.0. The molecule has 3 aliphatic rings. The number of ether oxygens (including phenoxy) is 4. The van der Waals surface area contributed by atoms with Crippen molar-refractivity contribution in [2.45, 2.75) is 102 Å². The number of amides is 1. The molecule has 0 radical (unpaired) electrons. The molecular weight excluding hydrogens is 1020 g/mol. The zero-order valence-corrected chi connectivity index (χ0v) is 43.2. The molecule has 74 heavy (non-hydrogen) atoms. The van der Waals surface area contributed by atoms with Crippen LogP contribution in [0.5, 0.6) is 11.5 Å². The lowest BCUT2D eigenvalue weighted by Gasteiger charge is -2.37. The van der Waals surface area contributed by atoms with Gasteiger partial charge in [-0.05, 0) is 58.0 Å². The van der Waals surface area contributed by atoms with E-state index in [0.717, 1.165) is 21.7 Å². The van der Waals surface area contributed by atoms with E-state index < -0.39 is 131 Å². The fourth-order valence-electron chi connectivity index (χ4n) is 7.53. The molecule has 1 amide bonds. The number of aliphatic hydroxyl groups excluding tert-OH is 2. The second-order valence-electron chi connectivity index (χ2n) is 18.2. The largest absolute Gasteiger partial charge is 0.463 e. The van der Waals surface area contributed by atoms with Crippen molar-refractivity contribution in [1.29, 1.82) is 0 Å². The maximum absolute atomic E-state index is 14.0. The van der Waals surface area contributed by atoms with Crippen LogP contribution in [0, 0.1) is 11.8 Å². The van der Waals surface area contributed by atoms with Crippen LogP contribution in [0.4, 0.5) is 14.6 Å². The molecule has 2 fully saturated rings. The Labute approximate surface area is 425 Å². The van der Waals surface area contributed by atoms with E-state index in [1.54, 1.807) is 76.2 Å². The van der Waals surface area contributed by atoms with Gasteiger partial charge in [0.05, 0.1) is 49.6 Å². The number of nitrogens with two attached hydrogens (primary N) is 1. The second-order valence-corrected chi connectivity index (χ2v) is 22.2. The van der Waals surface area contributed by atoms with Crippen LogP contribution in [-0.4, -0.2) is 146 Å². The number of aromatic nitrogens is 2. The molecule has 3 aromatic rings. The summed E-state index contributed by atoms with van der Waals surface area (Å²) >= 11 is 0. The average molecular weight is 1090 g/mol. The van der Waals surface area contributed by atoms with Crippen molar-refractivity contribution in [2.24, 2.45) is 11.8 Å². The predicted octanol–water partition coefficient (Wildman–Crippen LogP) is 3.73. The van der Waals surface area contributed by atoms with Crippen LogP contribution in [0.25, 0.3) is 0 Å². The number of aliphatic hydroxyl groups is 4. The second kappa shape index (κ2) is 25.3. The number of esters is 2. The Morgan fingerprint density at radius 1 is 0.770 bits per heavy atom. The number of hydrogen-bond acceptors (Lipinski definition) is 21. The van der Waals surface area contributed by atoms with Crippen LogP contribution in [0.2, 0.25) is 0 Å². The summed E-state index contributed by atoms with van der Waals surface area (Å²) in [6, 6.07) is 17.5. The van der Waals surface area contributed by atoms with Gasteiger partial charge in [-0.15, -0.1) is 0 Å². The van der Waals surface area contributed by atoms with Crippen LogP contribution in [0.15, 0.2) is 102 Å². The molecule has 27 heteroatoms. The number of anilines is 1. The van der Waals surface area contributed by atoms with Crippen molar-refractivity contribution in [3.05, 3.63) is 108 Å². The van der Waals surface area contributed by atoms with Crippen LogP contribution in [0.1, 0.15) is 47.8 Å². The molecule has 2 unspecified atom stereocenters. The zero-order chi connectivity index (χ0) is 54.8.